The smallest absolute Gasteiger partial charge is 0.279 e. The Kier molecular flexibility index (Phi) is 5.78. The van der Waals surface area contributed by atoms with Gasteiger partial charge in [0.25, 0.3) is 10.0 Å². The lowest BCUT2D eigenvalue weighted by Gasteiger charge is -2.21. The molecule has 0 fully saturated rings. The molecular weight excluding hydrogens is 457 g/mol. The summed E-state index contributed by atoms with van der Waals surface area (Å²) >= 11 is 0. The van der Waals surface area contributed by atoms with E-state index in [-0.39, 0.29) is 17.1 Å². The number of nitrogens with one attached hydrogen (secondary N) is 1. The van der Waals surface area contributed by atoms with Crippen LogP contribution in [0.25, 0.3) is 0 Å². The first kappa shape index (κ1) is 22.0. The van der Waals surface area contributed by atoms with E-state index in [1.165, 1.54) is 25.3 Å². The van der Waals surface area contributed by atoms with Crippen molar-refractivity contribution in [1.29, 1.82) is 0 Å². The summed E-state index contributed by atoms with van der Waals surface area (Å²) in [5, 5.41) is 4.33. The van der Waals surface area contributed by atoms with Gasteiger partial charge in [-0.25, -0.2) is 12.8 Å². The van der Waals surface area contributed by atoms with Crippen LogP contribution in [0.5, 0.6) is 0 Å². The van der Waals surface area contributed by atoms with Gasteiger partial charge in [-0.3, -0.25) is 4.72 Å². The number of hydrazone groups is 1. The molecule has 168 valence electrons. The van der Waals surface area contributed by atoms with Gasteiger partial charge in [0.05, 0.1) is 22.6 Å². The van der Waals surface area contributed by atoms with Crippen molar-refractivity contribution in [3.8, 4) is 0 Å². The molecule has 4 rings (SSSR count). The van der Waals surface area contributed by atoms with E-state index in [2.05, 4.69) is 9.82 Å². The van der Waals surface area contributed by atoms with Crippen molar-refractivity contribution >= 4 is 31.4 Å². The molecule has 11 heteroatoms. The third-order valence-electron chi connectivity index (χ3n) is 4.93. The third kappa shape index (κ3) is 4.39. The van der Waals surface area contributed by atoms with Gasteiger partial charge in [0, 0.05) is 12.1 Å². The highest BCUT2D eigenvalue weighted by atomic mass is 32.2. The van der Waals surface area contributed by atoms with E-state index in [1.807, 2.05) is 0 Å². The van der Waals surface area contributed by atoms with Crippen LogP contribution in [-0.2, 0) is 20.0 Å². The minimum Gasteiger partial charge on any atom is -0.467 e. The number of hydrogen-bond acceptors (Lipinski definition) is 6. The average Bonchev–Trinajstić information content (AvgIpc) is 3.44. The Morgan fingerprint density at radius 3 is 2.56 bits per heavy atom. The lowest BCUT2D eigenvalue weighted by Crippen LogP contribution is -2.27. The number of nitrogens with zero attached hydrogens (tertiary/aromatic N) is 2. The maximum absolute atomic E-state index is 13.7. The molecule has 2 aromatic carbocycles. The summed E-state index contributed by atoms with van der Waals surface area (Å²) in [6.07, 6.45) is 1.62. The molecule has 1 N–H and O–H groups in total. The number of furan rings is 1. The average molecular weight is 478 g/mol. The van der Waals surface area contributed by atoms with Gasteiger partial charge in [-0.05, 0) is 55.0 Å². The van der Waals surface area contributed by atoms with E-state index in [0.29, 0.717) is 22.7 Å². The predicted octanol–water partition coefficient (Wildman–Crippen LogP) is 3.72. The highest BCUT2D eigenvalue weighted by molar-refractivity contribution is 7.92. The van der Waals surface area contributed by atoms with Crippen LogP contribution in [0.3, 0.4) is 0 Å². The number of anilines is 1. The molecule has 1 aliphatic rings. The van der Waals surface area contributed by atoms with E-state index in [0.717, 1.165) is 16.5 Å². The quantitative estimate of drug-likeness (QED) is 0.558. The topological polar surface area (TPSA) is 109 Å². The first-order valence-corrected chi connectivity index (χ1v) is 12.8. The summed E-state index contributed by atoms with van der Waals surface area (Å²) < 4.78 is 72.9. The number of benzene rings is 2. The fourth-order valence-corrected chi connectivity index (χ4v) is 5.41. The Bertz CT molecular complexity index is 1370. The van der Waals surface area contributed by atoms with Crippen LogP contribution in [0.2, 0.25) is 0 Å². The zero-order valence-electron chi connectivity index (χ0n) is 17.0. The molecule has 0 amide bonds. The molecule has 3 aromatic rings. The van der Waals surface area contributed by atoms with Gasteiger partial charge in [-0.15, -0.1) is 0 Å². The van der Waals surface area contributed by atoms with E-state index < -0.39 is 31.9 Å². The molecular formula is C21H20FN3O5S2. The molecule has 0 aliphatic carbocycles. The van der Waals surface area contributed by atoms with Crippen molar-refractivity contribution < 1.29 is 25.6 Å². The Balaban J connectivity index is 1.75. The molecule has 32 heavy (non-hydrogen) atoms. The second-order valence-electron chi connectivity index (χ2n) is 7.10. The summed E-state index contributed by atoms with van der Waals surface area (Å²) in [6, 6.07) is 13.7. The van der Waals surface area contributed by atoms with Crippen LogP contribution in [0, 0.1) is 5.82 Å². The maximum Gasteiger partial charge on any atom is 0.279 e. The minimum atomic E-state index is -4.19. The first-order valence-electron chi connectivity index (χ1n) is 9.71. The van der Waals surface area contributed by atoms with Gasteiger partial charge in [0.2, 0.25) is 10.0 Å². The van der Waals surface area contributed by atoms with Crippen LogP contribution < -0.4 is 4.72 Å². The predicted molar refractivity (Wildman–Crippen MR) is 118 cm³/mol. The first-order chi connectivity index (χ1) is 15.2. The molecule has 2 heterocycles. The molecule has 0 saturated heterocycles. The molecule has 1 aromatic heterocycles. The highest BCUT2D eigenvalue weighted by Crippen LogP contribution is 2.37. The molecule has 0 spiro atoms. The summed E-state index contributed by atoms with van der Waals surface area (Å²) in [5.41, 5.74) is 1.31. The van der Waals surface area contributed by atoms with Gasteiger partial charge >= 0.3 is 0 Å². The minimum absolute atomic E-state index is 0.0849. The lowest BCUT2D eigenvalue weighted by atomic mass is 10.0. The van der Waals surface area contributed by atoms with E-state index >= 15 is 0 Å². The summed E-state index contributed by atoms with van der Waals surface area (Å²) in [7, 11) is -7.67. The van der Waals surface area contributed by atoms with Crippen LogP contribution in [0.15, 0.2) is 81.3 Å². The van der Waals surface area contributed by atoms with Gasteiger partial charge in [0.15, 0.2) is 0 Å². The summed E-state index contributed by atoms with van der Waals surface area (Å²) in [4.78, 5) is -0.233. The summed E-state index contributed by atoms with van der Waals surface area (Å²) in [5.74, 6) is -0.384. The van der Waals surface area contributed by atoms with Crippen molar-refractivity contribution in [2.24, 2.45) is 5.10 Å². The fourth-order valence-electron chi connectivity index (χ4n) is 3.33. The number of sulfonamides is 2. The van der Waals surface area contributed by atoms with Crippen molar-refractivity contribution in [2.75, 3.05) is 10.5 Å². The van der Waals surface area contributed by atoms with Crippen LogP contribution >= 0.6 is 0 Å². The zero-order chi connectivity index (χ0) is 22.9. The molecule has 0 saturated carbocycles. The van der Waals surface area contributed by atoms with E-state index in [9.17, 15) is 21.2 Å². The second-order valence-corrected chi connectivity index (χ2v) is 10.9. The zero-order valence-corrected chi connectivity index (χ0v) is 18.6. The number of rotatable bonds is 7. The molecule has 1 aliphatic heterocycles. The monoisotopic (exact) mass is 477 g/mol. The van der Waals surface area contributed by atoms with Crippen molar-refractivity contribution in [1.82, 2.24) is 4.41 Å². The Morgan fingerprint density at radius 2 is 1.88 bits per heavy atom. The molecule has 0 unspecified atom stereocenters. The third-order valence-corrected chi connectivity index (χ3v) is 7.92. The number of hydrogen-bond donors (Lipinski definition) is 1. The highest BCUT2D eigenvalue weighted by Gasteiger charge is 2.39. The van der Waals surface area contributed by atoms with Crippen LogP contribution in [-0.4, -0.2) is 32.7 Å². The van der Waals surface area contributed by atoms with Gasteiger partial charge in [-0.2, -0.15) is 17.9 Å². The Labute approximate surface area is 185 Å². The SMILES string of the molecule is CCS(=O)(=O)Nc1cccc(C2=NN(S(=O)(=O)c3cccc(F)c3)[C@H](c3ccco3)C2)c1. The Morgan fingerprint density at radius 1 is 1.09 bits per heavy atom. The van der Waals surface area contributed by atoms with E-state index in [4.69, 9.17) is 4.42 Å². The van der Waals surface area contributed by atoms with Crippen molar-refractivity contribution in [2.45, 2.75) is 24.3 Å². The van der Waals surface area contributed by atoms with Crippen molar-refractivity contribution in [3.05, 3.63) is 84.1 Å². The van der Waals surface area contributed by atoms with Crippen LogP contribution in [0.1, 0.15) is 30.7 Å². The maximum atomic E-state index is 13.7. The summed E-state index contributed by atoms with van der Waals surface area (Å²) in [6.45, 7) is 1.52. The Hall–Kier alpha value is -3.18. The number of halogens is 1. The van der Waals surface area contributed by atoms with E-state index in [1.54, 1.807) is 36.4 Å². The lowest BCUT2D eigenvalue weighted by molar-refractivity contribution is 0.320. The molecule has 0 radical (unpaired) electrons. The van der Waals surface area contributed by atoms with Crippen molar-refractivity contribution in [3.63, 3.8) is 0 Å². The van der Waals surface area contributed by atoms with Gasteiger partial charge < -0.3 is 4.42 Å². The second kappa shape index (κ2) is 8.40. The van der Waals surface area contributed by atoms with Gasteiger partial charge in [0.1, 0.15) is 17.6 Å². The molecule has 1 atom stereocenters. The fraction of sp³-hybridized carbons (Fsp3) is 0.190. The molecule has 0 bridgehead atoms. The van der Waals surface area contributed by atoms with Gasteiger partial charge in [-0.1, -0.05) is 18.2 Å². The largest absolute Gasteiger partial charge is 0.467 e. The molecule has 8 nitrogen and oxygen atoms in total. The normalized spacial score (nSPS) is 16.8. The van der Waals surface area contributed by atoms with Crippen LogP contribution in [0.4, 0.5) is 10.1 Å². The standard InChI is InChI=1S/C21H20FN3O5S2/c1-2-31(26,27)24-17-8-3-6-15(12-17)19-14-20(21-10-5-11-30-21)25(23-19)32(28,29)18-9-4-7-16(22)13-18/h3-13,20,24H,2,14H2,1H3/t20-/m0/s1.